The van der Waals surface area contributed by atoms with Gasteiger partial charge < -0.3 is 0 Å². The highest BCUT2D eigenvalue weighted by atomic mass is 19.1. The number of carbonyl (C=O) groups excluding carboxylic acids is 1. The molecule has 1 aliphatic heterocycles. The molecule has 1 aromatic carbocycles. The van der Waals surface area contributed by atoms with Crippen LogP contribution in [-0.4, -0.2) is 27.6 Å². The smallest absolute Gasteiger partial charge is 0.273 e. The first-order valence-corrected chi connectivity index (χ1v) is 7.39. The molecule has 1 unspecified atom stereocenters. The SMILES string of the molecule is Cn1cc2c(CC3=CC4=CC(F)C=CC4=NC3=O)cccc2n1. The first-order chi connectivity index (χ1) is 11.1. The van der Waals surface area contributed by atoms with E-state index in [0.717, 1.165) is 16.5 Å². The number of nitrogens with zero attached hydrogens (tertiary/aromatic N) is 3. The molecule has 0 radical (unpaired) electrons. The summed E-state index contributed by atoms with van der Waals surface area (Å²) in [4.78, 5) is 16.3. The Morgan fingerprint density at radius 3 is 3.09 bits per heavy atom. The van der Waals surface area contributed by atoms with Crippen LogP contribution in [0.15, 0.2) is 64.8 Å². The fourth-order valence-electron chi connectivity index (χ4n) is 2.95. The van der Waals surface area contributed by atoms with E-state index in [0.29, 0.717) is 23.3 Å². The molecule has 0 saturated carbocycles. The molecule has 114 valence electrons. The van der Waals surface area contributed by atoms with Crippen molar-refractivity contribution in [3.05, 3.63) is 65.4 Å². The van der Waals surface area contributed by atoms with E-state index in [2.05, 4.69) is 10.1 Å². The molecular weight excluding hydrogens is 293 g/mol. The van der Waals surface area contributed by atoms with Gasteiger partial charge in [0.25, 0.3) is 5.91 Å². The lowest BCUT2D eigenvalue weighted by Crippen LogP contribution is -2.17. The van der Waals surface area contributed by atoms with Gasteiger partial charge in [0.15, 0.2) is 0 Å². The third-order valence-electron chi connectivity index (χ3n) is 4.03. The van der Waals surface area contributed by atoms with Crippen LogP contribution in [0.4, 0.5) is 4.39 Å². The molecule has 2 aliphatic rings. The van der Waals surface area contributed by atoms with Crippen LogP contribution in [0, 0.1) is 0 Å². The largest absolute Gasteiger partial charge is 0.275 e. The van der Waals surface area contributed by atoms with Crippen molar-refractivity contribution in [2.24, 2.45) is 12.0 Å². The van der Waals surface area contributed by atoms with Crippen molar-refractivity contribution in [3.8, 4) is 0 Å². The van der Waals surface area contributed by atoms with Crippen LogP contribution in [0.1, 0.15) is 5.56 Å². The van der Waals surface area contributed by atoms with E-state index in [9.17, 15) is 9.18 Å². The molecule has 1 amide bonds. The molecule has 23 heavy (non-hydrogen) atoms. The number of carbonyl (C=O) groups is 1. The van der Waals surface area contributed by atoms with Crippen molar-refractivity contribution < 1.29 is 9.18 Å². The Kier molecular flexibility index (Phi) is 3.08. The van der Waals surface area contributed by atoms with Crippen LogP contribution >= 0.6 is 0 Å². The Labute approximate surface area is 132 Å². The zero-order chi connectivity index (χ0) is 16.0. The average Bonchev–Trinajstić information content (AvgIpc) is 2.90. The Bertz CT molecular complexity index is 946. The van der Waals surface area contributed by atoms with E-state index in [1.807, 2.05) is 31.4 Å². The molecule has 1 aliphatic carbocycles. The van der Waals surface area contributed by atoms with Gasteiger partial charge in [0.1, 0.15) is 6.17 Å². The lowest BCUT2D eigenvalue weighted by Gasteiger charge is -2.16. The summed E-state index contributed by atoms with van der Waals surface area (Å²) < 4.78 is 15.2. The van der Waals surface area contributed by atoms with Gasteiger partial charge in [-0.2, -0.15) is 5.10 Å². The van der Waals surface area contributed by atoms with Crippen molar-refractivity contribution in [2.75, 3.05) is 0 Å². The number of halogens is 1. The number of hydrogen-bond acceptors (Lipinski definition) is 2. The van der Waals surface area contributed by atoms with Crippen LogP contribution in [0.3, 0.4) is 0 Å². The quantitative estimate of drug-likeness (QED) is 0.856. The minimum Gasteiger partial charge on any atom is -0.275 e. The molecule has 4 rings (SSSR count). The van der Waals surface area contributed by atoms with Gasteiger partial charge in [0.05, 0.1) is 11.2 Å². The van der Waals surface area contributed by atoms with Crippen LogP contribution in [-0.2, 0) is 18.3 Å². The third-order valence-corrected chi connectivity index (χ3v) is 4.03. The van der Waals surface area contributed by atoms with E-state index in [4.69, 9.17) is 0 Å². The predicted octanol–water partition coefficient (Wildman–Crippen LogP) is 2.86. The van der Waals surface area contributed by atoms with Crippen LogP contribution < -0.4 is 0 Å². The first kappa shape index (κ1) is 13.8. The highest BCUT2D eigenvalue weighted by molar-refractivity contribution is 6.20. The molecule has 5 heteroatoms. The van der Waals surface area contributed by atoms with Crippen molar-refractivity contribution in [2.45, 2.75) is 12.6 Å². The molecule has 4 nitrogen and oxygen atoms in total. The monoisotopic (exact) mass is 307 g/mol. The van der Waals surface area contributed by atoms with Crippen LogP contribution in [0.2, 0.25) is 0 Å². The average molecular weight is 307 g/mol. The van der Waals surface area contributed by atoms with Gasteiger partial charge in [-0.05, 0) is 41.5 Å². The molecule has 2 heterocycles. The summed E-state index contributed by atoms with van der Waals surface area (Å²) in [6, 6.07) is 5.84. The van der Waals surface area contributed by atoms with E-state index in [-0.39, 0.29) is 5.91 Å². The summed E-state index contributed by atoms with van der Waals surface area (Å²) >= 11 is 0. The maximum Gasteiger partial charge on any atom is 0.273 e. The van der Waals surface area contributed by atoms with Crippen molar-refractivity contribution in [1.82, 2.24) is 9.78 Å². The normalized spacial score (nSPS) is 20.2. The maximum atomic E-state index is 13.5. The second-order valence-corrected chi connectivity index (χ2v) is 5.73. The molecule has 0 bridgehead atoms. The fourth-order valence-corrected chi connectivity index (χ4v) is 2.95. The first-order valence-electron chi connectivity index (χ1n) is 7.39. The number of alkyl halides is 1. The van der Waals surface area contributed by atoms with E-state index < -0.39 is 6.17 Å². The Morgan fingerprint density at radius 1 is 1.35 bits per heavy atom. The predicted molar refractivity (Wildman–Crippen MR) is 87.1 cm³/mol. The van der Waals surface area contributed by atoms with Crippen molar-refractivity contribution in [1.29, 1.82) is 0 Å². The highest BCUT2D eigenvalue weighted by Gasteiger charge is 2.22. The van der Waals surface area contributed by atoms with Gasteiger partial charge in [-0.1, -0.05) is 12.1 Å². The third kappa shape index (κ3) is 2.44. The number of aryl methyl sites for hydroxylation is 1. The highest BCUT2D eigenvalue weighted by Crippen LogP contribution is 2.25. The standard InChI is InChI=1S/C18H14FN3O/c1-22-10-15-11(3-2-4-17(15)21-22)7-13-8-12-9-14(19)5-6-16(12)20-18(13)23/h2-6,8-10,14H,7H2,1H3. The Morgan fingerprint density at radius 2 is 2.22 bits per heavy atom. The second-order valence-electron chi connectivity index (χ2n) is 5.73. The molecule has 2 aromatic rings. The number of rotatable bonds is 2. The summed E-state index contributed by atoms with van der Waals surface area (Å²) in [5.74, 6) is -0.264. The van der Waals surface area contributed by atoms with Crippen LogP contribution in [0.25, 0.3) is 10.9 Å². The van der Waals surface area contributed by atoms with Gasteiger partial charge in [-0.3, -0.25) is 9.48 Å². The van der Waals surface area contributed by atoms with Crippen molar-refractivity contribution >= 4 is 22.5 Å². The number of hydrogen-bond donors (Lipinski definition) is 0. The Hall–Kier alpha value is -2.82. The molecule has 0 fully saturated rings. The van der Waals surface area contributed by atoms with Gasteiger partial charge >= 0.3 is 0 Å². The minimum absolute atomic E-state index is 0.264. The zero-order valence-corrected chi connectivity index (χ0v) is 12.5. The van der Waals surface area contributed by atoms with E-state index in [1.54, 1.807) is 16.8 Å². The minimum atomic E-state index is -1.13. The molecule has 0 saturated heterocycles. The fraction of sp³-hybridized carbons (Fsp3) is 0.167. The summed E-state index contributed by atoms with van der Waals surface area (Å²) in [5, 5.41) is 5.39. The summed E-state index contributed by atoms with van der Waals surface area (Å²) in [7, 11) is 1.87. The lowest BCUT2D eigenvalue weighted by atomic mass is 9.93. The molecule has 0 spiro atoms. The topological polar surface area (TPSA) is 47.2 Å². The number of aromatic nitrogens is 2. The van der Waals surface area contributed by atoms with E-state index >= 15 is 0 Å². The molecule has 1 aromatic heterocycles. The second kappa shape index (κ2) is 5.12. The number of benzene rings is 1. The summed E-state index contributed by atoms with van der Waals surface area (Å²) in [6.45, 7) is 0. The zero-order valence-electron chi connectivity index (χ0n) is 12.5. The molecule has 0 N–H and O–H groups in total. The van der Waals surface area contributed by atoms with Crippen molar-refractivity contribution in [3.63, 3.8) is 0 Å². The number of amides is 1. The Balaban J connectivity index is 1.72. The van der Waals surface area contributed by atoms with E-state index in [1.165, 1.54) is 12.2 Å². The van der Waals surface area contributed by atoms with Crippen LogP contribution in [0.5, 0.6) is 0 Å². The molecular formula is C18H14FN3O. The number of aliphatic imine (C=N–C) groups is 1. The number of dihydropyridines is 1. The van der Waals surface area contributed by atoms with Gasteiger partial charge in [0.2, 0.25) is 0 Å². The number of allylic oxidation sites excluding steroid dienone is 5. The maximum absolute atomic E-state index is 13.5. The van der Waals surface area contributed by atoms with Gasteiger partial charge in [0, 0.05) is 30.6 Å². The lowest BCUT2D eigenvalue weighted by molar-refractivity contribution is -0.114. The summed E-state index contributed by atoms with van der Waals surface area (Å²) in [5.41, 5.74) is 3.68. The summed E-state index contributed by atoms with van der Waals surface area (Å²) in [6.07, 6.45) is 7.45. The number of fused-ring (bicyclic) bond motifs is 2. The molecule has 1 atom stereocenters. The van der Waals surface area contributed by atoms with Gasteiger partial charge in [-0.15, -0.1) is 0 Å². The van der Waals surface area contributed by atoms with Gasteiger partial charge in [-0.25, -0.2) is 9.38 Å².